The van der Waals surface area contributed by atoms with Gasteiger partial charge in [-0.25, -0.2) is 8.78 Å². The van der Waals surface area contributed by atoms with Gasteiger partial charge in [0.25, 0.3) is 0 Å². The minimum Gasteiger partial charge on any atom is -0.459 e. The highest BCUT2D eigenvalue weighted by Crippen LogP contribution is 2.34. The molecule has 0 radical (unpaired) electrons. The minimum absolute atomic E-state index is 0.0426. The lowest BCUT2D eigenvalue weighted by Gasteiger charge is -2.14. The van der Waals surface area contributed by atoms with Gasteiger partial charge in [-0.3, -0.25) is 0 Å². The van der Waals surface area contributed by atoms with Gasteiger partial charge in [-0.1, -0.05) is 11.6 Å². The zero-order valence-corrected chi connectivity index (χ0v) is 9.18. The van der Waals surface area contributed by atoms with Gasteiger partial charge in [-0.15, -0.1) is 0 Å². The van der Waals surface area contributed by atoms with Gasteiger partial charge >= 0.3 is 0 Å². The Morgan fingerprint density at radius 3 is 2.44 bits per heavy atom. The van der Waals surface area contributed by atoms with Crippen LogP contribution in [0.25, 0.3) is 0 Å². The van der Waals surface area contributed by atoms with E-state index in [-0.39, 0.29) is 5.02 Å². The van der Waals surface area contributed by atoms with Gasteiger partial charge in [-0.05, 0) is 30.9 Å². The monoisotopic (exact) mass is 248 g/mol. The minimum atomic E-state index is -1.17. The van der Waals surface area contributed by atoms with Gasteiger partial charge in [0.1, 0.15) is 0 Å². The summed E-state index contributed by atoms with van der Waals surface area (Å²) in [6.45, 7) is 0. The summed E-state index contributed by atoms with van der Waals surface area (Å²) in [6, 6.07) is 1.90. The number of halogens is 3. The predicted octanol–water partition coefficient (Wildman–Crippen LogP) is 3.12. The number of rotatable bonds is 4. The lowest BCUT2D eigenvalue weighted by molar-refractivity contribution is -0.0318. The van der Waals surface area contributed by atoms with Crippen LogP contribution in [-0.2, 0) is 0 Å². The van der Waals surface area contributed by atoms with Gasteiger partial charge in [0.05, 0.1) is 0 Å². The first-order valence-electron chi connectivity index (χ1n) is 5.05. The van der Waals surface area contributed by atoms with Crippen molar-refractivity contribution in [1.82, 2.24) is 0 Å². The van der Waals surface area contributed by atoms with E-state index in [2.05, 4.69) is 0 Å². The molecule has 1 aliphatic carbocycles. The van der Waals surface area contributed by atoms with Crippen molar-refractivity contribution >= 4 is 11.6 Å². The number of hydrogen-bond donors (Lipinski definition) is 1. The van der Waals surface area contributed by atoms with Crippen LogP contribution in [0.3, 0.4) is 0 Å². The summed E-state index contributed by atoms with van der Waals surface area (Å²) in [5, 5.41) is 9.40. The second-order valence-corrected chi connectivity index (χ2v) is 4.39. The molecule has 16 heavy (non-hydrogen) atoms. The van der Waals surface area contributed by atoms with Crippen molar-refractivity contribution in [2.24, 2.45) is 5.92 Å². The molecule has 5 heteroatoms. The standard InChI is InChI=1S/C11H11ClF2O2/c12-7-4-8(13)11(9(14)5-7)16-10(15)3-6-1-2-6/h4-6,10,15H,1-3H2. The first kappa shape index (κ1) is 11.6. The smallest absolute Gasteiger partial charge is 0.197 e. The molecule has 1 unspecified atom stereocenters. The average molecular weight is 249 g/mol. The van der Waals surface area contributed by atoms with Crippen molar-refractivity contribution in [3.05, 3.63) is 28.8 Å². The zero-order chi connectivity index (χ0) is 11.7. The SMILES string of the molecule is OC(CC1CC1)Oc1c(F)cc(Cl)cc1F. The molecular formula is C11H11ClF2O2. The van der Waals surface area contributed by atoms with E-state index in [1.165, 1.54) is 0 Å². The molecule has 1 N–H and O–H groups in total. The summed E-state index contributed by atoms with van der Waals surface area (Å²) in [4.78, 5) is 0. The number of aliphatic hydroxyl groups is 1. The van der Waals surface area contributed by atoms with Crippen molar-refractivity contribution < 1.29 is 18.6 Å². The van der Waals surface area contributed by atoms with E-state index in [1.807, 2.05) is 0 Å². The first-order valence-corrected chi connectivity index (χ1v) is 5.43. The third kappa shape index (κ3) is 2.83. The van der Waals surface area contributed by atoms with Crippen LogP contribution in [-0.4, -0.2) is 11.4 Å². The molecule has 0 bridgehead atoms. The van der Waals surface area contributed by atoms with E-state index in [1.54, 1.807) is 0 Å². The topological polar surface area (TPSA) is 29.5 Å². The quantitative estimate of drug-likeness (QED) is 0.830. The molecule has 1 fully saturated rings. The molecule has 1 aromatic carbocycles. The summed E-state index contributed by atoms with van der Waals surface area (Å²) in [5.74, 6) is -1.97. The van der Waals surface area contributed by atoms with E-state index < -0.39 is 23.7 Å². The van der Waals surface area contributed by atoms with Crippen LogP contribution in [0, 0.1) is 17.6 Å². The van der Waals surface area contributed by atoms with Crippen molar-refractivity contribution in [2.75, 3.05) is 0 Å². The fourth-order valence-corrected chi connectivity index (χ4v) is 1.66. The lowest BCUT2D eigenvalue weighted by Crippen LogP contribution is -2.17. The van der Waals surface area contributed by atoms with Crippen molar-refractivity contribution in [3.63, 3.8) is 0 Å². The van der Waals surface area contributed by atoms with Gasteiger partial charge in [0.15, 0.2) is 23.7 Å². The summed E-state index contributed by atoms with van der Waals surface area (Å²) >= 11 is 5.46. The molecule has 0 amide bonds. The largest absolute Gasteiger partial charge is 0.459 e. The predicted molar refractivity (Wildman–Crippen MR) is 55.3 cm³/mol. The Labute approximate surface area is 96.8 Å². The second-order valence-electron chi connectivity index (χ2n) is 3.95. The highest BCUT2D eigenvalue weighted by molar-refractivity contribution is 6.30. The van der Waals surface area contributed by atoms with Crippen molar-refractivity contribution in [2.45, 2.75) is 25.6 Å². The third-order valence-corrected chi connectivity index (χ3v) is 2.67. The van der Waals surface area contributed by atoms with Crippen LogP contribution in [0.1, 0.15) is 19.3 Å². The molecule has 1 aliphatic rings. The summed E-state index contributed by atoms with van der Waals surface area (Å²) in [6.07, 6.45) is 1.30. The van der Waals surface area contributed by atoms with Crippen molar-refractivity contribution in [1.29, 1.82) is 0 Å². The van der Waals surface area contributed by atoms with E-state index in [9.17, 15) is 13.9 Å². The lowest BCUT2D eigenvalue weighted by atomic mass is 10.3. The zero-order valence-electron chi connectivity index (χ0n) is 8.42. The Bertz CT molecular complexity index is 371. The van der Waals surface area contributed by atoms with Crippen LogP contribution in [0.2, 0.25) is 5.02 Å². The van der Waals surface area contributed by atoms with E-state index in [0.29, 0.717) is 12.3 Å². The van der Waals surface area contributed by atoms with Crippen LogP contribution < -0.4 is 4.74 Å². The van der Waals surface area contributed by atoms with Crippen LogP contribution >= 0.6 is 11.6 Å². The van der Waals surface area contributed by atoms with Gasteiger partial charge in [0, 0.05) is 11.4 Å². The summed E-state index contributed by atoms with van der Waals surface area (Å²) in [7, 11) is 0. The van der Waals surface area contributed by atoms with Gasteiger partial charge in [-0.2, -0.15) is 0 Å². The highest BCUT2D eigenvalue weighted by Gasteiger charge is 2.26. The maximum Gasteiger partial charge on any atom is 0.197 e. The molecule has 0 heterocycles. The molecule has 2 nitrogen and oxygen atoms in total. The molecule has 0 saturated heterocycles. The molecule has 1 aromatic rings. The summed E-state index contributed by atoms with van der Waals surface area (Å²) < 4.78 is 31.4. The van der Waals surface area contributed by atoms with Gasteiger partial charge < -0.3 is 9.84 Å². The van der Waals surface area contributed by atoms with E-state index in [0.717, 1.165) is 25.0 Å². The van der Waals surface area contributed by atoms with E-state index >= 15 is 0 Å². The Balaban J connectivity index is 2.07. The summed E-state index contributed by atoms with van der Waals surface area (Å²) in [5.41, 5.74) is 0. The van der Waals surface area contributed by atoms with Crippen LogP contribution in [0.5, 0.6) is 5.75 Å². The Hall–Kier alpha value is -0.870. The molecule has 88 valence electrons. The Morgan fingerprint density at radius 2 is 1.94 bits per heavy atom. The number of hydrogen-bond acceptors (Lipinski definition) is 2. The Morgan fingerprint density at radius 1 is 1.38 bits per heavy atom. The molecule has 2 rings (SSSR count). The average Bonchev–Trinajstić information content (AvgIpc) is 2.95. The molecule has 0 aromatic heterocycles. The third-order valence-electron chi connectivity index (χ3n) is 2.45. The van der Waals surface area contributed by atoms with Crippen molar-refractivity contribution in [3.8, 4) is 5.75 Å². The van der Waals surface area contributed by atoms with E-state index in [4.69, 9.17) is 16.3 Å². The number of ether oxygens (including phenoxy) is 1. The molecule has 0 spiro atoms. The molecule has 0 aliphatic heterocycles. The maximum atomic E-state index is 13.3. The highest BCUT2D eigenvalue weighted by atomic mass is 35.5. The molecular weight excluding hydrogens is 238 g/mol. The first-order chi connectivity index (χ1) is 7.56. The van der Waals surface area contributed by atoms with Crippen LogP contribution in [0.4, 0.5) is 8.78 Å². The second kappa shape index (κ2) is 4.55. The molecule has 1 atom stereocenters. The normalized spacial score (nSPS) is 17.2. The maximum absolute atomic E-state index is 13.3. The number of aliphatic hydroxyl groups excluding tert-OH is 1. The fraction of sp³-hybridized carbons (Fsp3) is 0.455. The van der Waals surface area contributed by atoms with Gasteiger partial charge in [0.2, 0.25) is 0 Å². The fourth-order valence-electron chi connectivity index (χ4n) is 1.46. The number of benzene rings is 1. The molecule has 1 saturated carbocycles. The Kier molecular flexibility index (Phi) is 3.30. The van der Waals surface area contributed by atoms with Crippen LogP contribution in [0.15, 0.2) is 12.1 Å².